The lowest BCUT2D eigenvalue weighted by Crippen LogP contribution is -2.09. The first-order valence-corrected chi connectivity index (χ1v) is 4.98. The summed E-state index contributed by atoms with van der Waals surface area (Å²) in [5.41, 5.74) is 0.538. The van der Waals surface area contributed by atoms with Gasteiger partial charge in [0.2, 0.25) is 0 Å². The van der Waals surface area contributed by atoms with Crippen LogP contribution < -0.4 is 0 Å². The van der Waals surface area contributed by atoms with Crippen LogP contribution in [0.5, 0.6) is 0 Å². The van der Waals surface area contributed by atoms with E-state index < -0.39 is 12.6 Å². The van der Waals surface area contributed by atoms with E-state index in [9.17, 15) is 13.2 Å². The predicted octanol–water partition coefficient (Wildman–Crippen LogP) is 2.99. The summed E-state index contributed by atoms with van der Waals surface area (Å²) in [6.07, 6.45) is -5.01. The van der Waals surface area contributed by atoms with Gasteiger partial charge in [0, 0.05) is 13.0 Å². The number of ether oxygens (including phenoxy) is 1. The first-order valence-electron chi connectivity index (χ1n) is 4.60. The second-order valence-corrected chi connectivity index (χ2v) is 3.51. The molecular weight excluding hydrogens is 245 g/mol. The van der Waals surface area contributed by atoms with Gasteiger partial charge in [0.25, 0.3) is 0 Å². The molecule has 0 bridgehead atoms. The van der Waals surface area contributed by atoms with Crippen LogP contribution in [-0.4, -0.2) is 23.0 Å². The van der Waals surface area contributed by atoms with Gasteiger partial charge >= 0.3 is 6.18 Å². The van der Waals surface area contributed by atoms with Crippen molar-refractivity contribution < 1.29 is 17.9 Å². The molecular formula is C9H10ClF3N2O. The number of aromatic nitrogens is 2. The Balaban J connectivity index is 2.14. The lowest BCUT2D eigenvalue weighted by atomic mass is 10.3. The standard InChI is InChI=1S/C9H10ClF3N2O/c10-8-3-2-7(14-15-8)6-16-5-1-4-9(11,12)13/h2-3H,1,4-6H2. The van der Waals surface area contributed by atoms with Crippen LogP contribution in [0.25, 0.3) is 0 Å². The van der Waals surface area contributed by atoms with Crippen LogP contribution in [0.3, 0.4) is 0 Å². The maximum absolute atomic E-state index is 11.8. The number of nitrogens with zero attached hydrogens (tertiary/aromatic N) is 2. The predicted molar refractivity (Wildman–Crippen MR) is 52.0 cm³/mol. The second-order valence-electron chi connectivity index (χ2n) is 3.12. The molecule has 0 amide bonds. The first-order chi connectivity index (χ1) is 7.47. The molecule has 0 aliphatic heterocycles. The van der Waals surface area contributed by atoms with Crippen molar-refractivity contribution in [1.82, 2.24) is 10.2 Å². The molecule has 0 aliphatic rings. The van der Waals surface area contributed by atoms with Crippen molar-refractivity contribution in [1.29, 1.82) is 0 Å². The SMILES string of the molecule is FC(F)(F)CCCOCc1ccc(Cl)nn1. The summed E-state index contributed by atoms with van der Waals surface area (Å²) < 4.78 is 40.3. The van der Waals surface area contributed by atoms with Gasteiger partial charge in [0.1, 0.15) is 0 Å². The largest absolute Gasteiger partial charge is 0.389 e. The van der Waals surface area contributed by atoms with Crippen molar-refractivity contribution in [3.05, 3.63) is 23.0 Å². The molecule has 0 spiro atoms. The Morgan fingerprint density at radius 1 is 1.25 bits per heavy atom. The molecule has 1 aromatic heterocycles. The van der Waals surface area contributed by atoms with Gasteiger partial charge in [-0.05, 0) is 18.6 Å². The highest BCUT2D eigenvalue weighted by Crippen LogP contribution is 2.21. The highest BCUT2D eigenvalue weighted by atomic mass is 35.5. The number of hydrogen-bond donors (Lipinski definition) is 0. The third kappa shape index (κ3) is 5.87. The minimum Gasteiger partial charge on any atom is -0.375 e. The molecule has 0 aliphatic carbocycles. The number of halogens is 4. The number of alkyl halides is 3. The molecule has 0 atom stereocenters. The summed E-state index contributed by atoms with van der Waals surface area (Å²) in [6, 6.07) is 3.15. The molecule has 3 nitrogen and oxygen atoms in total. The molecule has 0 saturated heterocycles. The van der Waals surface area contributed by atoms with Crippen LogP contribution in [0.4, 0.5) is 13.2 Å². The van der Waals surface area contributed by atoms with Gasteiger partial charge in [-0.25, -0.2) is 0 Å². The fourth-order valence-corrected chi connectivity index (χ4v) is 1.07. The molecule has 0 saturated carbocycles. The van der Waals surface area contributed by atoms with Crippen LogP contribution in [0, 0.1) is 0 Å². The van der Waals surface area contributed by atoms with Crippen molar-refractivity contribution >= 4 is 11.6 Å². The van der Waals surface area contributed by atoms with Gasteiger partial charge in [-0.3, -0.25) is 0 Å². The third-order valence-corrected chi connectivity index (χ3v) is 1.89. The zero-order chi connectivity index (χ0) is 12.0. The van der Waals surface area contributed by atoms with E-state index in [2.05, 4.69) is 10.2 Å². The fourth-order valence-electron chi connectivity index (χ4n) is 0.972. The van der Waals surface area contributed by atoms with E-state index in [4.69, 9.17) is 16.3 Å². The molecule has 0 radical (unpaired) electrons. The molecule has 7 heteroatoms. The van der Waals surface area contributed by atoms with Crippen LogP contribution in [-0.2, 0) is 11.3 Å². The van der Waals surface area contributed by atoms with Gasteiger partial charge in [-0.1, -0.05) is 11.6 Å². The van der Waals surface area contributed by atoms with Crippen LogP contribution in [0.1, 0.15) is 18.5 Å². The second kappa shape index (κ2) is 6.00. The van der Waals surface area contributed by atoms with Gasteiger partial charge in [0.15, 0.2) is 5.15 Å². The molecule has 16 heavy (non-hydrogen) atoms. The average Bonchev–Trinajstić information content (AvgIpc) is 2.19. The monoisotopic (exact) mass is 254 g/mol. The molecule has 90 valence electrons. The normalized spacial score (nSPS) is 11.8. The Hall–Kier alpha value is -0.880. The van der Waals surface area contributed by atoms with Crippen LogP contribution >= 0.6 is 11.6 Å². The van der Waals surface area contributed by atoms with Crippen molar-refractivity contribution in [3.63, 3.8) is 0 Å². The summed E-state index contributed by atoms with van der Waals surface area (Å²) in [4.78, 5) is 0. The lowest BCUT2D eigenvalue weighted by molar-refractivity contribution is -0.138. The van der Waals surface area contributed by atoms with E-state index >= 15 is 0 Å². The zero-order valence-corrected chi connectivity index (χ0v) is 9.05. The summed E-state index contributed by atoms with van der Waals surface area (Å²) in [7, 11) is 0. The summed E-state index contributed by atoms with van der Waals surface area (Å²) >= 11 is 5.51. The maximum Gasteiger partial charge on any atom is 0.389 e. The van der Waals surface area contributed by atoms with E-state index in [1.165, 1.54) is 0 Å². The lowest BCUT2D eigenvalue weighted by Gasteiger charge is -2.06. The Morgan fingerprint density at radius 2 is 2.00 bits per heavy atom. The Morgan fingerprint density at radius 3 is 2.56 bits per heavy atom. The van der Waals surface area contributed by atoms with Gasteiger partial charge in [-0.2, -0.15) is 18.3 Å². The van der Waals surface area contributed by atoms with Gasteiger partial charge in [0.05, 0.1) is 12.3 Å². The molecule has 0 fully saturated rings. The van der Waals surface area contributed by atoms with Crippen molar-refractivity contribution in [2.24, 2.45) is 0 Å². The highest BCUT2D eigenvalue weighted by Gasteiger charge is 2.25. The van der Waals surface area contributed by atoms with Crippen molar-refractivity contribution in [3.8, 4) is 0 Å². The molecule has 0 N–H and O–H groups in total. The number of rotatable bonds is 5. The van der Waals surface area contributed by atoms with E-state index in [0.29, 0.717) is 5.69 Å². The summed E-state index contributed by atoms with van der Waals surface area (Å²) in [6.45, 7) is 0.186. The van der Waals surface area contributed by atoms with E-state index in [-0.39, 0.29) is 24.8 Å². The quantitative estimate of drug-likeness (QED) is 0.758. The Bertz CT molecular complexity index is 316. The highest BCUT2D eigenvalue weighted by molar-refractivity contribution is 6.29. The van der Waals surface area contributed by atoms with Crippen LogP contribution in [0.15, 0.2) is 12.1 Å². The van der Waals surface area contributed by atoms with E-state index in [1.807, 2.05) is 0 Å². The summed E-state index contributed by atoms with van der Waals surface area (Å²) in [5, 5.41) is 7.53. The molecule has 0 aromatic carbocycles. The van der Waals surface area contributed by atoms with Gasteiger partial charge in [-0.15, -0.1) is 5.10 Å². The first kappa shape index (κ1) is 13.2. The average molecular weight is 255 g/mol. The third-order valence-electron chi connectivity index (χ3n) is 1.69. The van der Waals surface area contributed by atoms with Crippen molar-refractivity contribution in [2.45, 2.75) is 25.6 Å². The topological polar surface area (TPSA) is 35.0 Å². The van der Waals surface area contributed by atoms with Crippen molar-refractivity contribution in [2.75, 3.05) is 6.61 Å². The minimum absolute atomic E-state index is 0.0455. The smallest absolute Gasteiger partial charge is 0.375 e. The Kier molecular flexibility index (Phi) is 4.95. The molecule has 0 unspecified atom stereocenters. The summed E-state index contributed by atoms with van der Waals surface area (Å²) in [5.74, 6) is 0. The molecule has 1 heterocycles. The van der Waals surface area contributed by atoms with Crippen LogP contribution in [0.2, 0.25) is 5.15 Å². The minimum atomic E-state index is -4.12. The number of hydrogen-bond acceptors (Lipinski definition) is 3. The van der Waals surface area contributed by atoms with Gasteiger partial charge < -0.3 is 4.74 Å². The van der Waals surface area contributed by atoms with E-state index in [1.54, 1.807) is 12.1 Å². The maximum atomic E-state index is 11.8. The van der Waals surface area contributed by atoms with E-state index in [0.717, 1.165) is 0 Å². The zero-order valence-electron chi connectivity index (χ0n) is 8.30. The molecule has 1 aromatic rings. The fraction of sp³-hybridized carbons (Fsp3) is 0.556. The Labute approximate surface area is 95.6 Å². The molecule has 1 rings (SSSR count).